The number of benzene rings is 2. The molecule has 0 aliphatic carbocycles. The Morgan fingerprint density at radius 2 is 1.70 bits per heavy atom. The summed E-state index contributed by atoms with van der Waals surface area (Å²) in [7, 11) is 1.67. The van der Waals surface area contributed by atoms with E-state index in [-0.39, 0.29) is 17.4 Å². The fourth-order valence-corrected chi connectivity index (χ4v) is 5.35. The van der Waals surface area contributed by atoms with Gasteiger partial charge < -0.3 is 14.5 Å². The van der Waals surface area contributed by atoms with E-state index in [1.807, 2.05) is 23.1 Å². The zero-order chi connectivity index (χ0) is 23.6. The Morgan fingerprint density at radius 1 is 1.00 bits per heavy atom. The molecule has 6 heteroatoms. The molecule has 0 N–H and O–H groups in total. The van der Waals surface area contributed by atoms with Crippen molar-refractivity contribution in [3.8, 4) is 0 Å². The molecule has 2 aromatic carbocycles. The third-order valence-corrected chi connectivity index (χ3v) is 6.89. The van der Waals surface area contributed by atoms with E-state index >= 15 is 0 Å². The fraction of sp³-hybridized carbons (Fsp3) is 0.556. The molecule has 2 aromatic rings. The van der Waals surface area contributed by atoms with E-state index in [4.69, 9.17) is 4.74 Å². The smallest absolute Gasteiger partial charge is 0.327 e. The molecule has 2 fully saturated rings. The topological polar surface area (TPSA) is 53.1 Å². The molecule has 2 aliphatic rings. The molecule has 0 atom stereocenters. The van der Waals surface area contributed by atoms with Crippen LogP contribution in [0.25, 0.3) is 10.8 Å². The molecule has 33 heavy (non-hydrogen) atoms. The maximum atomic E-state index is 13.8. The molecule has 0 unspecified atom stereocenters. The van der Waals surface area contributed by atoms with Gasteiger partial charge in [0.1, 0.15) is 5.54 Å². The fourth-order valence-electron chi connectivity index (χ4n) is 5.35. The number of nitrogens with zero attached hydrogens (tertiary/aromatic N) is 3. The van der Waals surface area contributed by atoms with Crippen LogP contribution in [0.1, 0.15) is 45.6 Å². The van der Waals surface area contributed by atoms with Crippen LogP contribution >= 0.6 is 0 Å². The molecule has 1 spiro atoms. The molecule has 2 aliphatic heterocycles. The summed E-state index contributed by atoms with van der Waals surface area (Å²) in [6.07, 6.45) is 2.11. The van der Waals surface area contributed by atoms with E-state index < -0.39 is 5.54 Å². The van der Waals surface area contributed by atoms with Crippen molar-refractivity contribution in [3.63, 3.8) is 0 Å². The lowest BCUT2D eigenvalue weighted by Crippen LogP contribution is -2.57. The van der Waals surface area contributed by atoms with Crippen molar-refractivity contribution < 1.29 is 14.3 Å². The van der Waals surface area contributed by atoms with E-state index in [0.29, 0.717) is 32.5 Å². The Kier molecular flexibility index (Phi) is 6.78. The number of piperidine rings is 1. The van der Waals surface area contributed by atoms with Crippen LogP contribution in [0.5, 0.6) is 0 Å². The van der Waals surface area contributed by atoms with E-state index in [1.165, 1.54) is 4.90 Å². The lowest BCUT2D eigenvalue weighted by atomic mass is 9.84. The van der Waals surface area contributed by atoms with Gasteiger partial charge in [0.25, 0.3) is 5.91 Å². The van der Waals surface area contributed by atoms with Crippen LogP contribution in [-0.2, 0) is 16.1 Å². The average Bonchev–Trinajstić information content (AvgIpc) is 2.96. The van der Waals surface area contributed by atoms with Crippen molar-refractivity contribution in [1.82, 2.24) is 14.7 Å². The zero-order valence-electron chi connectivity index (χ0n) is 20.5. The first-order valence-corrected chi connectivity index (χ1v) is 12.1. The van der Waals surface area contributed by atoms with Gasteiger partial charge in [-0.25, -0.2) is 4.79 Å². The Balaban J connectivity index is 1.56. The van der Waals surface area contributed by atoms with Crippen molar-refractivity contribution in [2.75, 3.05) is 39.9 Å². The highest BCUT2D eigenvalue weighted by Gasteiger charge is 2.57. The lowest BCUT2D eigenvalue weighted by Gasteiger charge is -2.43. The highest BCUT2D eigenvalue weighted by atomic mass is 16.5. The van der Waals surface area contributed by atoms with Gasteiger partial charge in [-0.2, -0.15) is 0 Å². The molecule has 0 bridgehead atoms. The van der Waals surface area contributed by atoms with Gasteiger partial charge in [-0.1, -0.05) is 57.2 Å². The molecule has 178 valence electrons. The molecule has 0 aromatic heterocycles. The molecule has 0 saturated carbocycles. The van der Waals surface area contributed by atoms with Crippen LogP contribution in [0.15, 0.2) is 42.5 Å². The number of amides is 3. The van der Waals surface area contributed by atoms with E-state index in [1.54, 1.807) is 7.11 Å². The van der Waals surface area contributed by atoms with Gasteiger partial charge in [0.15, 0.2) is 0 Å². The lowest BCUT2D eigenvalue weighted by molar-refractivity contribution is -0.136. The predicted molar refractivity (Wildman–Crippen MR) is 131 cm³/mol. The molecule has 6 nitrogen and oxygen atoms in total. The molecule has 0 radical (unpaired) electrons. The number of carbonyl (C=O) groups is 2. The summed E-state index contributed by atoms with van der Waals surface area (Å²) in [4.78, 5) is 33.1. The molecule has 3 amide bonds. The summed E-state index contributed by atoms with van der Waals surface area (Å²) in [5, 5.41) is 2.28. The van der Waals surface area contributed by atoms with Gasteiger partial charge in [-0.15, -0.1) is 0 Å². The SMILES string of the molecule is COCCCN1C(=O)N(Cc2ccc3ccccc3c2)C(=O)C12CCN(CC(C)(C)C)CC2. The highest BCUT2D eigenvalue weighted by molar-refractivity contribution is 6.07. The second kappa shape index (κ2) is 9.43. The number of likely N-dealkylation sites (tertiary alicyclic amines) is 1. The van der Waals surface area contributed by atoms with Crippen LogP contribution in [0.4, 0.5) is 4.79 Å². The normalized spacial score (nSPS) is 19.3. The molecular weight excluding hydrogens is 414 g/mol. The van der Waals surface area contributed by atoms with Crippen molar-refractivity contribution in [1.29, 1.82) is 0 Å². The number of methoxy groups -OCH3 is 1. The zero-order valence-corrected chi connectivity index (χ0v) is 20.5. The summed E-state index contributed by atoms with van der Waals surface area (Å²) in [5.74, 6) is -0.0338. The third-order valence-electron chi connectivity index (χ3n) is 6.89. The summed E-state index contributed by atoms with van der Waals surface area (Å²) in [6, 6.07) is 14.2. The van der Waals surface area contributed by atoms with Gasteiger partial charge in [0.05, 0.1) is 6.54 Å². The first-order chi connectivity index (χ1) is 15.7. The van der Waals surface area contributed by atoms with Gasteiger partial charge in [-0.3, -0.25) is 9.69 Å². The minimum atomic E-state index is -0.726. The van der Waals surface area contributed by atoms with Gasteiger partial charge in [0, 0.05) is 39.9 Å². The maximum Gasteiger partial charge on any atom is 0.327 e. The standard InChI is InChI=1S/C27H37N3O3/c1-26(2,3)20-28-15-12-27(13-16-28)24(31)29(25(32)30(27)14-7-17-33-4)19-21-10-11-22-8-5-6-9-23(22)18-21/h5-6,8-11,18H,7,12-17,19-20H2,1-4H3. The number of urea groups is 1. The van der Waals surface area contributed by atoms with Crippen molar-refractivity contribution >= 4 is 22.7 Å². The number of rotatable bonds is 7. The predicted octanol–water partition coefficient (Wildman–Crippen LogP) is 4.52. The van der Waals surface area contributed by atoms with Crippen molar-refractivity contribution in [2.24, 2.45) is 5.41 Å². The summed E-state index contributed by atoms with van der Waals surface area (Å²) >= 11 is 0. The third kappa shape index (κ3) is 4.92. The summed E-state index contributed by atoms with van der Waals surface area (Å²) in [6.45, 7) is 10.8. The Bertz CT molecular complexity index is 1010. The van der Waals surface area contributed by atoms with Crippen molar-refractivity contribution in [2.45, 2.75) is 52.1 Å². The van der Waals surface area contributed by atoms with Crippen LogP contribution in [-0.4, -0.2) is 72.1 Å². The second-order valence-corrected chi connectivity index (χ2v) is 10.7. The molecule has 2 heterocycles. The quantitative estimate of drug-likeness (QED) is 0.459. The van der Waals surface area contributed by atoms with E-state index in [0.717, 1.165) is 42.4 Å². The highest BCUT2D eigenvalue weighted by Crippen LogP contribution is 2.39. The number of imide groups is 1. The Labute approximate surface area is 197 Å². The summed E-state index contributed by atoms with van der Waals surface area (Å²) < 4.78 is 5.23. The minimum Gasteiger partial charge on any atom is -0.385 e. The van der Waals surface area contributed by atoms with E-state index in [9.17, 15) is 9.59 Å². The number of fused-ring (bicyclic) bond motifs is 1. The van der Waals surface area contributed by atoms with Crippen LogP contribution < -0.4 is 0 Å². The number of ether oxygens (including phenoxy) is 1. The van der Waals surface area contributed by atoms with E-state index in [2.05, 4.69) is 49.9 Å². The average molecular weight is 452 g/mol. The van der Waals surface area contributed by atoms with Gasteiger partial charge >= 0.3 is 6.03 Å². The number of hydrogen-bond acceptors (Lipinski definition) is 4. The summed E-state index contributed by atoms with van der Waals surface area (Å²) in [5.41, 5.74) is 0.463. The maximum absolute atomic E-state index is 13.8. The van der Waals surface area contributed by atoms with Crippen LogP contribution in [0.2, 0.25) is 0 Å². The minimum absolute atomic E-state index is 0.0338. The first kappa shape index (κ1) is 23.7. The number of carbonyl (C=O) groups excluding carboxylic acids is 2. The van der Waals surface area contributed by atoms with Crippen molar-refractivity contribution in [3.05, 3.63) is 48.0 Å². The first-order valence-electron chi connectivity index (χ1n) is 12.1. The molecule has 2 saturated heterocycles. The van der Waals surface area contributed by atoms with Gasteiger partial charge in [0.2, 0.25) is 0 Å². The Morgan fingerprint density at radius 3 is 2.36 bits per heavy atom. The molecular formula is C27H37N3O3. The molecule has 4 rings (SSSR count). The van der Waals surface area contributed by atoms with Gasteiger partial charge in [-0.05, 0) is 47.1 Å². The van der Waals surface area contributed by atoms with Crippen LogP contribution in [0.3, 0.4) is 0 Å². The second-order valence-electron chi connectivity index (χ2n) is 10.7. The largest absolute Gasteiger partial charge is 0.385 e. The monoisotopic (exact) mass is 451 g/mol. The number of hydrogen-bond donors (Lipinski definition) is 0. The Hall–Kier alpha value is -2.44. The van der Waals surface area contributed by atoms with Crippen LogP contribution in [0, 0.1) is 5.41 Å².